The minimum atomic E-state index is 0.603. The van der Waals surface area contributed by atoms with Gasteiger partial charge in [-0.2, -0.15) is 0 Å². The Morgan fingerprint density at radius 1 is 1.48 bits per heavy atom. The van der Waals surface area contributed by atoms with Crippen molar-refractivity contribution in [3.05, 3.63) is 46.9 Å². The molecule has 0 bridgehead atoms. The number of hydrogen-bond acceptors (Lipinski definition) is 3. The Morgan fingerprint density at radius 2 is 2.26 bits per heavy atom. The number of halogens is 1. The number of aromatic nitrogens is 2. The van der Waals surface area contributed by atoms with Crippen molar-refractivity contribution >= 4 is 17.6 Å². The van der Waals surface area contributed by atoms with Crippen molar-refractivity contribution in [1.82, 2.24) is 19.8 Å². The number of pyridine rings is 1. The molecule has 0 aliphatic heterocycles. The summed E-state index contributed by atoms with van der Waals surface area (Å²) in [6.45, 7) is 1.35. The van der Waals surface area contributed by atoms with Crippen LogP contribution in [-0.4, -0.2) is 41.6 Å². The minimum absolute atomic E-state index is 0.603. The van der Waals surface area contributed by atoms with E-state index in [-0.39, 0.29) is 0 Å². The summed E-state index contributed by atoms with van der Waals surface area (Å²) in [5, 5.41) is 4.07. The first-order valence-corrected chi connectivity index (χ1v) is 7.62. The summed E-state index contributed by atoms with van der Waals surface area (Å²) >= 11 is 6.03. The van der Waals surface area contributed by atoms with Crippen LogP contribution in [0.4, 0.5) is 0 Å². The lowest BCUT2D eigenvalue weighted by atomic mass is 10.2. The predicted octanol–water partition coefficient (Wildman–Crippen LogP) is 2.29. The van der Waals surface area contributed by atoms with Gasteiger partial charge in [-0.15, -0.1) is 0 Å². The summed E-state index contributed by atoms with van der Waals surface area (Å²) in [5.74, 6) is 1.41. The van der Waals surface area contributed by atoms with Gasteiger partial charge in [0.05, 0.1) is 18.7 Å². The van der Waals surface area contributed by atoms with Crippen molar-refractivity contribution in [2.24, 2.45) is 12.0 Å². The van der Waals surface area contributed by atoms with E-state index in [1.54, 1.807) is 20.4 Å². The number of methoxy groups -OCH3 is 1. The van der Waals surface area contributed by atoms with Gasteiger partial charge < -0.3 is 19.5 Å². The van der Waals surface area contributed by atoms with Gasteiger partial charge >= 0.3 is 0 Å². The average Bonchev–Trinajstić information content (AvgIpc) is 2.85. The number of ether oxygens (including phenoxy) is 1. The maximum Gasteiger partial charge on any atom is 0.213 e. The van der Waals surface area contributed by atoms with Gasteiger partial charge in [0.1, 0.15) is 0 Å². The largest absolute Gasteiger partial charge is 0.481 e. The molecule has 7 heteroatoms. The highest BCUT2D eigenvalue weighted by Gasteiger charge is 2.10. The van der Waals surface area contributed by atoms with Crippen LogP contribution in [0.25, 0.3) is 0 Å². The molecule has 6 nitrogen and oxygen atoms in total. The molecule has 2 rings (SSSR count). The van der Waals surface area contributed by atoms with Crippen molar-refractivity contribution in [2.45, 2.75) is 13.1 Å². The van der Waals surface area contributed by atoms with E-state index in [1.165, 1.54) is 0 Å². The molecule has 124 valence electrons. The fourth-order valence-electron chi connectivity index (χ4n) is 2.28. The van der Waals surface area contributed by atoms with Gasteiger partial charge in [0, 0.05) is 51.8 Å². The molecule has 2 heterocycles. The van der Waals surface area contributed by atoms with Crippen molar-refractivity contribution < 1.29 is 4.74 Å². The third kappa shape index (κ3) is 4.63. The SMILES string of the molecule is CN=C(NCc1ccnc(OC)c1)N(C)Cc1cc(Cl)cn1C. The van der Waals surface area contributed by atoms with E-state index in [9.17, 15) is 0 Å². The number of hydrogen-bond donors (Lipinski definition) is 1. The number of aryl methyl sites for hydroxylation is 1. The van der Waals surface area contributed by atoms with Gasteiger partial charge in [0.15, 0.2) is 5.96 Å². The van der Waals surface area contributed by atoms with E-state index in [4.69, 9.17) is 16.3 Å². The van der Waals surface area contributed by atoms with Gasteiger partial charge in [0.25, 0.3) is 0 Å². The average molecular weight is 336 g/mol. The smallest absolute Gasteiger partial charge is 0.213 e. The molecule has 2 aromatic heterocycles. The van der Waals surface area contributed by atoms with Crippen LogP contribution < -0.4 is 10.1 Å². The molecule has 0 saturated heterocycles. The monoisotopic (exact) mass is 335 g/mol. The third-order valence-corrected chi connectivity index (χ3v) is 3.71. The Balaban J connectivity index is 1.97. The van der Waals surface area contributed by atoms with E-state index in [2.05, 4.69) is 15.3 Å². The number of nitrogens with one attached hydrogen (secondary N) is 1. The molecule has 23 heavy (non-hydrogen) atoms. The molecule has 0 amide bonds. The zero-order valence-corrected chi connectivity index (χ0v) is 14.6. The molecule has 0 aliphatic carbocycles. The van der Waals surface area contributed by atoms with E-state index in [0.29, 0.717) is 19.0 Å². The zero-order valence-electron chi connectivity index (χ0n) is 13.9. The topological polar surface area (TPSA) is 54.7 Å². The maximum absolute atomic E-state index is 6.03. The lowest BCUT2D eigenvalue weighted by Gasteiger charge is -2.22. The van der Waals surface area contributed by atoms with Crippen molar-refractivity contribution in [1.29, 1.82) is 0 Å². The standard InChI is InChI=1S/C16H22ClN5O/c1-18-16(20-9-12-5-6-19-15(7-12)23-4)22(3)11-14-8-13(17)10-21(14)2/h5-8,10H,9,11H2,1-4H3,(H,18,20). The van der Waals surface area contributed by atoms with Gasteiger partial charge in [-0.25, -0.2) is 4.98 Å². The molecule has 0 aliphatic rings. The van der Waals surface area contributed by atoms with Gasteiger partial charge in [-0.1, -0.05) is 11.6 Å². The fourth-order valence-corrected chi connectivity index (χ4v) is 2.55. The van der Waals surface area contributed by atoms with Gasteiger partial charge in [-0.3, -0.25) is 4.99 Å². The lowest BCUT2D eigenvalue weighted by Crippen LogP contribution is -2.38. The summed E-state index contributed by atoms with van der Waals surface area (Å²) in [6.07, 6.45) is 3.62. The molecule has 0 atom stereocenters. The first kappa shape index (κ1) is 17.1. The quantitative estimate of drug-likeness (QED) is 0.673. The Bertz CT molecular complexity index is 683. The van der Waals surface area contributed by atoms with Crippen molar-refractivity contribution in [2.75, 3.05) is 21.2 Å². The van der Waals surface area contributed by atoms with E-state index >= 15 is 0 Å². The van der Waals surface area contributed by atoms with Gasteiger partial charge in [-0.05, 0) is 17.7 Å². The number of guanidine groups is 1. The lowest BCUT2D eigenvalue weighted by molar-refractivity contribution is 0.397. The normalized spacial score (nSPS) is 11.4. The highest BCUT2D eigenvalue weighted by molar-refractivity contribution is 6.30. The van der Waals surface area contributed by atoms with Crippen LogP contribution in [0.2, 0.25) is 5.02 Å². The Kier molecular flexibility index (Phi) is 5.87. The zero-order chi connectivity index (χ0) is 16.8. The molecule has 0 spiro atoms. The second-order valence-electron chi connectivity index (χ2n) is 5.22. The van der Waals surface area contributed by atoms with Gasteiger partial charge in [0.2, 0.25) is 5.88 Å². The summed E-state index contributed by atoms with van der Waals surface area (Å²) in [6, 6.07) is 5.80. The van der Waals surface area contributed by atoms with Crippen molar-refractivity contribution in [3.8, 4) is 5.88 Å². The summed E-state index contributed by atoms with van der Waals surface area (Å²) in [4.78, 5) is 10.5. The Labute approximate surface area is 141 Å². The molecule has 0 radical (unpaired) electrons. The third-order valence-electron chi connectivity index (χ3n) is 3.51. The molecule has 0 aromatic carbocycles. The van der Waals surface area contributed by atoms with Crippen LogP contribution in [0.5, 0.6) is 5.88 Å². The minimum Gasteiger partial charge on any atom is -0.481 e. The van der Waals surface area contributed by atoms with Crippen LogP contribution in [0.1, 0.15) is 11.3 Å². The first-order chi connectivity index (χ1) is 11.0. The van der Waals surface area contributed by atoms with E-state index in [0.717, 1.165) is 22.2 Å². The molecule has 2 aromatic rings. The Hall–Kier alpha value is -2.21. The second kappa shape index (κ2) is 7.87. The molecular weight excluding hydrogens is 314 g/mol. The molecular formula is C16H22ClN5O. The van der Waals surface area contributed by atoms with Crippen LogP contribution in [0, 0.1) is 0 Å². The second-order valence-corrected chi connectivity index (χ2v) is 5.66. The highest BCUT2D eigenvalue weighted by Crippen LogP contribution is 2.14. The van der Waals surface area contributed by atoms with Crippen molar-refractivity contribution in [3.63, 3.8) is 0 Å². The molecule has 1 N–H and O–H groups in total. The maximum atomic E-state index is 6.03. The highest BCUT2D eigenvalue weighted by atomic mass is 35.5. The Morgan fingerprint density at radius 3 is 2.87 bits per heavy atom. The molecule has 0 fully saturated rings. The summed E-state index contributed by atoms with van der Waals surface area (Å²) < 4.78 is 7.15. The number of rotatable bonds is 5. The first-order valence-electron chi connectivity index (χ1n) is 7.25. The van der Waals surface area contributed by atoms with Crippen LogP contribution >= 0.6 is 11.6 Å². The molecule has 0 saturated carbocycles. The number of nitrogens with zero attached hydrogens (tertiary/aromatic N) is 4. The fraction of sp³-hybridized carbons (Fsp3) is 0.375. The summed E-state index contributed by atoms with van der Waals surface area (Å²) in [7, 11) is 7.35. The predicted molar refractivity (Wildman–Crippen MR) is 92.9 cm³/mol. The summed E-state index contributed by atoms with van der Waals surface area (Å²) in [5.41, 5.74) is 2.19. The molecule has 0 unspecified atom stereocenters. The van der Waals surface area contributed by atoms with E-state index in [1.807, 2.05) is 48.0 Å². The van der Waals surface area contributed by atoms with Crippen LogP contribution in [0.3, 0.4) is 0 Å². The van der Waals surface area contributed by atoms with Crippen LogP contribution in [-0.2, 0) is 20.1 Å². The number of aliphatic imine (C=N–C) groups is 1. The van der Waals surface area contributed by atoms with E-state index < -0.39 is 0 Å². The van der Waals surface area contributed by atoms with Crippen LogP contribution in [0.15, 0.2) is 35.6 Å².